The number of rotatable bonds is 4. The van der Waals surface area contributed by atoms with E-state index in [9.17, 15) is 4.79 Å². The zero-order valence-corrected chi connectivity index (χ0v) is 16.3. The van der Waals surface area contributed by atoms with Gasteiger partial charge in [0.25, 0.3) is 0 Å². The fourth-order valence-electron chi connectivity index (χ4n) is 4.02. The third kappa shape index (κ3) is 4.81. The lowest BCUT2D eigenvalue weighted by Crippen LogP contribution is -2.54. The average Bonchev–Trinajstić information content (AvgIpc) is 2.76. The van der Waals surface area contributed by atoms with Gasteiger partial charge in [-0.15, -0.1) is 0 Å². The first kappa shape index (κ1) is 18.7. The summed E-state index contributed by atoms with van der Waals surface area (Å²) in [6.07, 6.45) is 3.84. The summed E-state index contributed by atoms with van der Waals surface area (Å²) in [6, 6.07) is 16.9. The first-order valence-corrected chi connectivity index (χ1v) is 10.3. The maximum Gasteiger partial charge on any atom is 0.317 e. The van der Waals surface area contributed by atoms with Crippen molar-refractivity contribution in [2.45, 2.75) is 25.4 Å². The molecule has 0 atom stereocenters. The number of piperidine rings is 1. The van der Waals surface area contributed by atoms with Crippen LogP contribution in [0.25, 0.3) is 0 Å². The van der Waals surface area contributed by atoms with Crippen LogP contribution in [0.15, 0.2) is 54.7 Å². The molecule has 0 saturated carbocycles. The Morgan fingerprint density at radius 3 is 2.32 bits per heavy atom. The molecule has 0 bridgehead atoms. The lowest BCUT2D eigenvalue weighted by Gasteiger charge is -2.37. The molecule has 0 radical (unpaired) electrons. The second-order valence-electron chi connectivity index (χ2n) is 7.63. The predicted octanol–water partition coefficient (Wildman–Crippen LogP) is 2.58. The summed E-state index contributed by atoms with van der Waals surface area (Å²) in [5.41, 5.74) is 2.36. The summed E-state index contributed by atoms with van der Waals surface area (Å²) in [5, 5.41) is 3.25. The third-order valence-electron chi connectivity index (χ3n) is 5.72. The van der Waals surface area contributed by atoms with Gasteiger partial charge < -0.3 is 15.1 Å². The Kier molecular flexibility index (Phi) is 6.07. The molecule has 28 heavy (non-hydrogen) atoms. The van der Waals surface area contributed by atoms with Crippen LogP contribution < -0.4 is 10.2 Å². The van der Waals surface area contributed by atoms with Crippen LogP contribution >= 0.6 is 0 Å². The molecule has 0 unspecified atom stereocenters. The minimum atomic E-state index is 0.0932. The quantitative estimate of drug-likeness (QED) is 0.887. The molecule has 148 valence electrons. The number of benzene rings is 1. The van der Waals surface area contributed by atoms with Crippen LogP contribution in [0.3, 0.4) is 0 Å². The van der Waals surface area contributed by atoms with Gasteiger partial charge in [-0.25, -0.2) is 4.79 Å². The first-order valence-electron chi connectivity index (χ1n) is 10.3. The molecular weight excluding hydrogens is 350 g/mol. The smallest absolute Gasteiger partial charge is 0.317 e. The molecule has 1 aromatic carbocycles. The number of aromatic nitrogens is 1. The minimum absolute atomic E-state index is 0.0932. The van der Waals surface area contributed by atoms with Crippen LogP contribution in [0.5, 0.6) is 0 Å². The minimum Gasteiger partial charge on any atom is -0.371 e. The molecule has 1 aromatic heterocycles. The van der Waals surface area contributed by atoms with Crippen LogP contribution in [0.2, 0.25) is 0 Å². The monoisotopic (exact) mass is 379 g/mol. The third-order valence-corrected chi connectivity index (χ3v) is 5.72. The van der Waals surface area contributed by atoms with Gasteiger partial charge in [-0.05, 0) is 37.1 Å². The average molecular weight is 380 g/mol. The maximum atomic E-state index is 12.7. The topological polar surface area (TPSA) is 51.7 Å². The van der Waals surface area contributed by atoms with Crippen molar-refractivity contribution >= 4 is 11.7 Å². The highest BCUT2D eigenvalue weighted by Gasteiger charge is 2.25. The van der Waals surface area contributed by atoms with E-state index >= 15 is 0 Å². The van der Waals surface area contributed by atoms with Crippen LogP contribution in [0.4, 0.5) is 10.5 Å². The number of hydrogen-bond donors (Lipinski definition) is 1. The molecule has 2 amide bonds. The number of urea groups is 1. The van der Waals surface area contributed by atoms with Crippen molar-refractivity contribution in [3.05, 3.63) is 60.4 Å². The largest absolute Gasteiger partial charge is 0.371 e. The van der Waals surface area contributed by atoms with E-state index in [0.29, 0.717) is 0 Å². The summed E-state index contributed by atoms with van der Waals surface area (Å²) < 4.78 is 0. The van der Waals surface area contributed by atoms with Crippen molar-refractivity contribution < 1.29 is 4.79 Å². The lowest BCUT2D eigenvalue weighted by atomic mass is 10.0. The van der Waals surface area contributed by atoms with Crippen LogP contribution in [-0.4, -0.2) is 66.1 Å². The molecule has 6 nitrogen and oxygen atoms in total. The van der Waals surface area contributed by atoms with E-state index in [4.69, 9.17) is 0 Å². The Balaban J connectivity index is 1.19. The van der Waals surface area contributed by atoms with E-state index < -0.39 is 0 Å². The van der Waals surface area contributed by atoms with Gasteiger partial charge in [-0.3, -0.25) is 9.88 Å². The van der Waals surface area contributed by atoms with Crippen molar-refractivity contribution in [1.82, 2.24) is 20.1 Å². The molecule has 6 heteroatoms. The van der Waals surface area contributed by atoms with E-state index in [1.807, 2.05) is 29.3 Å². The standard InChI is InChI=1S/C22H29N5O/c28-22(24-19-9-12-26(13-10-19)21-7-2-1-3-8-21)27-16-14-25(15-17-27)18-20-6-4-5-11-23-20/h1-8,11,19H,9-10,12-18H2,(H,24,28). The number of piperazine rings is 1. The normalized spacial score (nSPS) is 18.9. The maximum absolute atomic E-state index is 12.7. The van der Waals surface area contributed by atoms with Gasteiger partial charge in [0.2, 0.25) is 0 Å². The number of nitrogens with zero attached hydrogens (tertiary/aromatic N) is 4. The van der Waals surface area contributed by atoms with E-state index in [2.05, 4.69) is 50.4 Å². The van der Waals surface area contributed by atoms with Gasteiger partial charge in [-0.2, -0.15) is 0 Å². The molecule has 3 heterocycles. The number of nitrogens with one attached hydrogen (secondary N) is 1. The molecule has 2 aliphatic rings. The zero-order valence-electron chi connectivity index (χ0n) is 16.3. The summed E-state index contributed by atoms with van der Waals surface area (Å²) >= 11 is 0. The van der Waals surface area contributed by atoms with E-state index in [1.165, 1.54) is 5.69 Å². The van der Waals surface area contributed by atoms with Gasteiger partial charge in [0.1, 0.15) is 0 Å². The van der Waals surface area contributed by atoms with Crippen molar-refractivity contribution in [1.29, 1.82) is 0 Å². The fourth-order valence-corrected chi connectivity index (χ4v) is 4.02. The van der Waals surface area contributed by atoms with E-state index in [-0.39, 0.29) is 12.1 Å². The zero-order chi connectivity index (χ0) is 19.2. The number of amides is 2. The summed E-state index contributed by atoms with van der Waals surface area (Å²) in [6.45, 7) is 6.20. The van der Waals surface area contributed by atoms with E-state index in [0.717, 1.165) is 64.3 Å². The molecule has 2 aromatic rings. The Hall–Kier alpha value is -2.60. The van der Waals surface area contributed by atoms with Gasteiger partial charge in [0, 0.05) is 63.7 Å². The predicted molar refractivity (Wildman–Crippen MR) is 111 cm³/mol. The highest BCUT2D eigenvalue weighted by Crippen LogP contribution is 2.19. The molecular formula is C22H29N5O. The van der Waals surface area contributed by atoms with Crippen LogP contribution in [-0.2, 0) is 6.54 Å². The number of anilines is 1. The van der Waals surface area contributed by atoms with Crippen molar-refractivity contribution in [2.75, 3.05) is 44.2 Å². The van der Waals surface area contributed by atoms with Gasteiger partial charge in [-0.1, -0.05) is 24.3 Å². The number of hydrogen-bond acceptors (Lipinski definition) is 4. The molecule has 0 spiro atoms. The molecule has 2 saturated heterocycles. The van der Waals surface area contributed by atoms with Crippen molar-refractivity contribution in [2.24, 2.45) is 0 Å². The Bertz CT molecular complexity index is 738. The van der Waals surface area contributed by atoms with Gasteiger partial charge in [0.15, 0.2) is 0 Å². The number of carbonyl (C=O) groups is 1. The Labute approximate surface area is 167 Å². The van der Waals surface area contributed by atoms with Crippen molar-refractivity contribution in [3.8, 4) is 0 Å². The summed E-state index contributed by atoms with van der Waals surface area (Å²) in [4.78, 5) is 23.8. The molecule has 1 N–H and O–H groups in total. The van der Waals surface area contributed by atoms with Crippen LogP contribution in [0, 0.1) is 0 Å². The molecule has 2 fully saturated rings. The fraction of sp³-hybridized carbons (Fsp3) is 0.455. The second kappa shape index (κ2) is 9.06. The summed E-state index contributed by atoms with van der Waals surface area (Å²) in [7, 11) is 0. The number of carbonyl (C=O) groups excluding carboxylic acids is 1. The SMILES string of the molecule is O=C(NC1CCN(c2ccccc2)CC1)N1CCN(Cc2ccccn2)CC1. The van der Waals surface area contributed by atoms with Gasteiger partial charge >= 0.3 is 6.03 Å². The number of pyridine rings is 1. The van der Waals surface area contributed by atoms with E-state index in [1.54, 1.807) is 0 Å². The summed E-state index contributed by atoms with van der Waals surface area (Å²) in [5.74, 6) is 0. The lowest BCUT2D eigenvalue weighted by molar-refractivity contribution is 0.131. The second-order valence-corrected chi connectivity index (χ2v) is 7.63. The Morgan fingerprint density at radius 1 is 0.929 bits per heavy atom. The molecule has 2 aliphatic heterocycles. The highest BCUT2D eigenvalue weighted by atomic mass is 16.2. The molecule has 0 aliphatic carbocycles. The van der Waals surface area contributed by atoms with Crippen molar-refractivity contribution in [3.63, 3.8) is 0 Å². The van der Waals surface area contributed by atoms with Crippen LogP contribution in [0.1, 0.15) is 18.5 Å². The Morgan fingerprint density at radius 2 is 1.64 bits per heavy atom. The highest BCUT2D eigenvalue weighted by molar-refractivity contribution is 5.74. The molecule has 4 rings (SSSR count). The number of para-hydroxylation sites is 1. The van der Waals surface area contributed by atoms with Gasteiger partial charge in [0.05, 0.1) is 5.69 Å². The first-order chi connectivity index (χ1) is 13.8.